The summed E-state index contributed by atoms with van der Waals surface area (Å²) >= 11 is 0. The molecule has 3 heteroatoms. The van der Waals surface area contributed by atoms with Gasteiger partial charge in [0, 0.05) is 33.7 Å². The number of hydrogen-bond donors (Lipinski definition) is 0. The highest BCUT2D eigenvalue weighted by Gasteiger charge is 2.08. The van der Waals surface area contributed by atoms with Crippen molar-refractivity contribution in [3.05, 3.63) is 0 Å². The van der Waals surface area contributed by atoms with Crippen LogP contribution in [0.4, 0.5) is 0 Å². The molecule has 0 N–H and O–H groups in total. The number of carbonyl (C=O) groups excluding carboxylic acids is 1. The number of methoxy groups -OCH3 is 1. The molecular weight excluding hydrogens is 178 g/mol. The van der Waals surface area contributed by atoms with Crippen LogP contribution in [0.1, 0.15) is 33.1 Å². The number of ether oxygens (including phenoxy) is 1. The second-order valence-electron chi connectivity index (χ2n) is 4.09. The van der Waals surface area contributed by atoms with Crippen molar-refractivity contribution in [2.75, 3.05) is 27.3 Å². The van der Waals surface area contributed by atoms with E-state index in [1.807, 2.05) is 7.05 Å². The Morgan fingerprint density at radius 1 is 1.43 bits per heavy atom. The summed E-state index contributed by atoms with van der Waals surface area (Å²) in [4.78, 5) is 13.3. The smallest absolute Gasteiger partial charge is 0.222 e. The fourth-order valence-electron chi connectivity index (χ4n) is 1.17. The maximum atomic E-state index is 11.5. The molecule has 0 aliphatic heterocycles. The fourth-order valence-corrected chi connectivity index (χ4v) is 1.17. The van der Waals surface area contributed by atoms with Crippen molar-refractivity contribution in [1.29, 1.82) is 0 Å². The lowest BCUT2D eigenvalue weighted by atomic mass is 10.1. The Labute approximate surface area is 87.4 Å². The van der Waals surface area contributed by atoms with Gasteiger partial charge in [0.2, 0.25) is 5.91 Å². The van der Waals surface area contributed by atoms with E-state index in [0.717, 1.165) is 26.0 Å². The predicted octanol–water partition coefficient (Wildman–Crippen LogP) is 1.92. The van der Waals surface area contributed by atoms with Crippen molar-refractivity contribution in [1.82, 2.24) is 4.90 Å². The highest BCUT2D eigenvalue weighted by molar-refractivity contribution is 5.75. The highest BCUT2D eigenvalue weighted by atomic mass is 16.5. The van der Waals surface area contributed by atoms with Crippen LogP contribution >= 0.6 is 0 Å². The van der Waals surface area contributed by atoms with E-state index in [4.69, 9.17) is 4.74 Å². The first-order valence-electron chi connectivity index (χ1n) is 5.30. The fraction of sp³-hybridized carbons (Fsp3) is 0.909. The Hall–Kier alpha value is -0.570. The zero-order valence-electron chi connectivity index (χ0n) is 9.88. The number of carbonyl (C=O) groups is 1. The summed E-state index contributed by atoms with van der Waals surface area (Å²) in [6.45, 7) is 5.79. The summed E-state index contributed by atoms with van der Waals surface area (Å²) in [5, 5.41) is 0. The van der Waals surface area contributed by atoms with Crippen LogP contribution < -0.4 is 0 Å². The maximum absolute atomic E-state index is 11.5. The molecule has 84 valence electrons. The van der Waals surface area contributed by atoms with Crippen LogP contribution in [0.3, 0.4) is 0 Å². The lowest BCUT2D eigenvalue weighted by Gasteiger charge is -2.17. The molecule has 1 amide bonds. The second kappa shape index (κ2) is 7.80. The van der Waals surface area contributed by atoms with E-state index >= 15 is 0 Å². The average molecular weight is 201 g/mol. The molecule has 0 saturated carbocycles. The van der Waals surface area contributed by atoms with E-state index in [9.17, 15) is 4.79 Å². The molecule has 0 unspecified atom stereocenters. The normalized spacial score (nSPS) is 10.6. The molecular formula is C11H23NO2. The maximum Gasteiger partial charge on any atom is 0.222 e. The van der Waals surface area contributed by atoms with Crippen LogP contribution in [0.5, 0.6) is 0 Å². The SMILES string of the molecule is COCCCN(C)C(=O)CCC(C)C. The van der Waals surface area contributed by atoms with E-state index < -0.39 is 0 Å². The highest BCUT2D eigenvalue weighted by Crippen LogP contribution is 2.05. The molecule has 0 fully saturated rings. The Morgan fingerprint density at radius 2 is 2.07 bits per heavy atom. The van der Waals surface area contributed by atoms with Crippen molar-refractivity contribution in [2.45, 2.75) is 33.1 Å². The summed E-state index contributed by atoms with van der Waals surface area (Å²) in [5.74, 6) is 0.848. The van der Waals surface area contributed by atoms with Gasteiger partial charge >= 0.3 is 0 Å². The summed E-state index contributed by atoms with van der Waals surface area (Å²) in [6.07, 6.45) is 2.56. The van der Waals surface area contributed by atoms with Crippen molar-refractivity contribution in [3.63, 3.8) is 0 Å². The van der Waals surface area contributed by atoms with Gasteiger partial charge in [-0.05, 0) is 18.8 Å². The lowest BCUT2D eigenvalue weighted by Crippen LogP contribution is -2.28. The van der Waals surface area contributed by atoms with Gasteiger partial charge in [-0.15, -0.1) is 0 Å². The molecule has 0 spiro atoms. The number of rotatable bonds is 7. The first kappa shape index (κ1) is 13.4. The van der Waals surface area contributed by atoms with Gasteiger partial charge in [-0.1, -0.05) is 13.8 Å². The third kappa shape index (κ3) is 6.89. The summed E-state index contributed by atoms with van der Waals surface area (Å²) < 4.78 is 4.93. The molecule has 0 bridgehead atoms. The third-order valence-corrected chi connectivity index (χ3v) is 2.20. The van der Waals surface area contributed by atoms with Gasteiger partial charge in [0.1, 0.15) is 0 Å². The van der Waals surface area contributed by atoms with Crippen molar-refractivity contribution >= 4 is 5.91 Å². The molecule has 14 heavy (non-hydrogen) atoms. The molecule has 3 nitrogen and oxygen atoms in total. The van der Waals surface area contributed by atoms with Crippen molar-refractivity contribution < 1.29 is 9.53 Å². The molecule has 0 atom stereocenters. The molecule has 0 aromatic rings. The van der Waals surface area contributed by atoms with Crippen LogP contribution in [0.2, 0.25) is 0 Å². The van der Waals surface area contributed by atoms with Gasteiger partial charge in [-0.2, -0.15) is 0 Å². The minimum absolute atomic E-state index is 0.245. The standard InChI is InChI=1S/C11H23NO2/c1-10(2)6-7-11(13)12(3)8-5-9-14-4/h10H,5-9H2,1-4H3. The molecule has 0 aliphatic carbocycles. The van der Waals surface area contributed by atoms with Crippen LogP contribution in [0.25, 0.3) is 0 Å². The van der Waals surface area contributed by atoms with Gasteiger partial charge in [0.05, 0.1) is 0 Å². The van der Waals surface area contributed by atoms with Gasteiger partial charge in [0.25, 0.3) is 0 Å². The molecule has 0 radical (unpaired) electrons. The first-order valence-corrected chi connectivity index (χ1v) is 5.30. The van der Waals surface area contributed by atoms with Crippen LogP contribution in [0.15, 0.2) is 0 Å². The number of amides is 1. The molecule has 0 saturated heterocycles. The predicted molar refractivity (Wildman–Crippen MR) is 58.2 cm³/mol. The van der Waals surface area contributed by atoms with Crippen molar-refractivity contribution in [2.24, 2.45) is 5.92 Å². The topological polar surface area (TPSA) is 29.5 Å². The molecule has 0 rings (SSSR count). The van der Waals surface area contributed by atoms with Crippen LogP contribution in [-0.2, 0) is 9.53 Å². The van der Waals surface area contributed by atoms with Gasteiger partial charge < -0.3 is 9.64 Å². The van der Waals surface area contributed by atoms with Crippen LogP contribution in [-0.4, -0.2) is 38.1 Å². The minimum atomic E-state index is 0.245. The average Bonchev–Trinajstić information content (AvgIpc) is 2.14. The largest absolute Gasteiger partial charge is 0.385 e. The monoisotopic (exact) mass is 201 g/mol. The quantitative estimate of drug-likeness (QED) is 0.589. The molecule has 0 aliphatic rings. The lowest BCUT2D eigenvalue weighted by molar-refractivity contribution is -0.130. The van der Waals surface area contributed by atoms with E-state index in [1.54, 1.807) is 12.0 Å². The second-order valence-corrected chi connectivity index (χ2v) is 4.09. The zero-order chi connectivity index (χ0) is 11.0. The van der Waals surface area contributed by atoms with Gasteiger partial charge in [0.15, 0.2) is 0 Å². The van der Waals surface area contributed by atoms with Gasteiger partial charge in [-0.25, -0.2) is 0 Å². The summed E-state index contributed by atoms with van der Waals surface area (Å²) in [6, 6.07) is 0. The number of hydrogen-bond acceptors (Lipinski definition) is 2. The van der Waals surface area contributed by atoms with Crippen LogP contribution in [0, 0.1) is 5.92 Å². The van der Waals surface area contributed by atoms with E-state index in [2.05, 4.69) is 13.8 Å². The Balaban J connectivity index is 3.54. The zero-order valence-corrected chi connectivity index (χ0v) is 9.88. The Morgan fingerprint density at radius 3 is 2.57 bits per heavy atom. The van der Waals surface area contributed by atoms with E-state index in [0.29, 0.717) is 12.3 Å². The molecule has 0 aromatic heterocycles. The Kier molecular flexibility index (Phi) is 7.48. The van der Waals surface area contributed by atoms with E-state index in [-0.39, 0.29) is 5.91 Å². The van der Waals surface area contributed by atoms with Crippen molar-refractivity contribution in [3.8, 4) is 0 Å². The Bertz CT molecular complexity index is 157. The molecule has 0 aromatic carbocycles. The number of nitrogens with zero attached hydrogens (tertiary/aromatic N) is 1. The summed E-state index contributed by atoms with van der Waals surface area (Å²) in [5.41, 5.74) is 0. The minimum Gasteiger partial charge on any atom is -0.385 e. The summed E-state index contributed by atoms with van der Waals surface area (Å²) in [7, 11) is 3.54. The molecule has 0 heterocycles. The first-order chi connectivity index (χ1) is 6.57. The van der Waals surface area contributed by atoms with Gasteiger partial charge in [-0.3, -0.25) is 4.79 Å². The van der Waals surface area contributed by atoms with E-state index in [1.165, 1.54) is 0 Å². The third-order valence-electron chi connectivity index (χ3n) is 2.20.